The first-order valence-electron chi connectivity index (χ1n) is 11.1. The summed E-state index contributed by atoms with van der Waals surface area (Å²) in [7, 11) is 0. The van der Waals surface area contributed by atoms with Crippen LogP contribution in [0.4, 0.5) is 0 Å². The maximum atomic E-state index is 13.1. The number of amides is 3. The second-order valence-electron chi connectivity index (χ2n) is 7.98. The third kappa shape index (κ3) is 6.40. The number of carbonyl (C=O) groups excluding carboxylic acids is 3. The van der Waals surface area contributed by atoms with Crippen LogP contribution in [-0.4, -0.2) is 47.2 Å². The van der Waals surface area contributed by atoms with Gasteiger partial charge in [-0.2, -0.15) is 0 Å². The van der Waals surface area contributed by atoms with Crippen LogP contribution in [0.1, 0.15) is 40.9 Å². The zero-order chi connectivity index (χ0) is 24.5. The van der Waals surface area contributed by atoms with Crippen molar-refractivity contribution in [2.75, 3.05) is 13.2 Å². The lowest BCUT2D eigenvalue weighted by Crippen LogP contribution is -2.41. The van der Waals surface area contributed by atoms with E-state index in [1.165, 1.54) is 0 Å². The Labute approximate surface area is 198 Å². The maximum Gasteiger partial charge on any atom is 0.309 e. The minimum absolute atomic E-state index is 0.00222. The number of hydrogen-bond acceptors (Lipinski definition) is 5. The average Bonchev–Trinajstić information content (AvgIpc) is 2.86. The Balaban J connectivity index is 1.62. The highest BCUT2D eigenvalue weighted by Gasteiger charge is 2.18. The second kappa shape index (κ2) is 11.9. The first-order chi connectivity index (χ1) is 16.4. The van der Waals surface area contributed by atoms with Gasteiger partial charge in [0.2, 0.25) is 0 Å². The number of benzene rings is 3. The van der Waals surface area contributed by atoms with Gasteiger partial charge in [-0.3, -0.25) is 14.4 Å². The van der Waals surface area contributed by atoms with Crippen LogP contribution in [0.2, 0.25) is 0 Å². The minimum Gasteiger partial charge on any atom is -0.394 e. The molecule has 3 aromatic carbocycles. The molecule has 0 radical (unpaired) electrons. The molecule has 0 spiro atoms. The van der Waals surface area contributed by atoms with E-state index in [0.29, 0.717) is 11.1 Å². The van der Waals surface area contributed by atoms with Crippen LogP contribution in [0, 0.1) is 0 Å². The van der Waals surface area contributed by atoms with Crippen LogP contribution < -0.4 is 16.0 Å². The van der Waals surface area contributed by atoms with Crippen molar-refractivity contribution in [3.63, 3.8) is 0 Å². The number of fused-ring (bicyclic) bond motifs is 1. The highest BCUT2D eigenvalue weighted by atomic mass is 16.3. The highest BCUT2D eigenvalue weighted by molar-refractivity contribution is 6.35. The Morgan fingerprint density at radius 3 is 2.35 bits per heavy atom. The minimum atomic E-state index is -0.954. The van der Waals surface area contributed by atoms with Gasteiger partial charge < -0.3 is 26.2 Å². The predicted octanol–water partition coefficient (Wildman–Crippen LogP) is 1.81. The predicted molar refractivity (Wildman–Crippen MR) is 129 cm³/mol. The van der Waals surface area contributed by atoms with Crippen molar-refractivity contribution in [1.29, 1.82) is 0 Å². The van der Waals surface area contributed by atoms with Crippen molar-refractivity contribution >= 4 is 28.5 Å². The van der Waals surface area contributed by atoms with E-state index >= 15 is 0 Å². The molecule has 8 heteroatoms. The molecule has 0 aliphatic rings. The van der Waals surface area contributed by atoms with Crippen molar-refractivity contribution in [2.24, 2.45) is 0 Å². The molecule has 5 N–H and O–H groups in total. The van der Waals surface area contributed by atoms with E-state index in [9.17, 15) is 19.5 Å². The van der Waals surface area contributed by atoms with E-state index in [4.69, 9.17) is 5.11 Å². The zero-order valence-electron chi connectivity index (χ0n) is 19.0. The molecule has 0 aliphatic carbocycles. The Kier molecular flexibility index (Phi) is 8.73. The highest BCUT2D eigenvalue weighted by Crippen LogP contribution is 2.24. The molecule has 0 aromatic heterocycles. The summed E-state index contributed by atoms with van der Waals surface area (Å²) < 4.78 is 0. The summed E-state index contributed by atoms with van der Waals surface area (Å²) in [5, 5.41) is 28.1. The summed E-state index contributed by atoms with van der Waals surface area (Å²) in [5.41, 5.74) is 1.98. The number of rotatable bonds is 9. The number of aliphatic hydroxyl groups excluding tert-OH is 2. The van der Waals surface area contributed by atoms with Crippen LogP contribution in [0.5, 0.6) is 0 Å². The van der Waals surface area contributed by atoms with Crippen molar-refractivity contribution in [3.05, 3.63) is 83.4 Å². The molecule has 2 atom stereocenters. The standard InChI is InChI=1S/C26H29N3O5/c1-17(21-12-6-9-18-7-2-4-10-22(18)21)29-24(32)23-11-5-3-8-19(23)15-28-26(34)25(33)27-14-13-20(31)16-30/h2-12,17,20,30-31H,13-16H2,1H3,(H,27,33)(H,28,34)(H,29,32)/t17-,20?/m1/s1. The SMILES string of the molecule is C[C@@H](NC(=O)c1ccccc1CNC(=O)C(=O)NCCC(O)CO)c1cccc2ccccc12. The Hall–Kier alpha value is -3.75. The van der Waals surface area contributed by atoms with E-state index in [2.05, 4.69) is 16.0 Å². The van der Waals surface area contributed by atoms with E-state index in [1.54, 1.807) is 24.3 Å². The third-order valence-electron chi connectivity index (χ3n) is 5.52. The van der Waals surface area contributed by atoms with Crippen LogP contribution in [-0.2, 0) is 16.1 Å². The Morgan fingerprint density at radius 2 is 1.56 bits per heavy atom. The maximum absolute atomic E-state index is 13.1. The first-order valence-corrected chi connectivity index (χ1v) is 11.1. The quantitative estimate of drug-likeness (QED) is 0.309. The summed E-state index contributed by atoms with van der Waals surface area (Å²) in [6, 6.07) is 20.6. The van der Waals surface area contributed by atoms with E-state index in [-0.39, 0.29) is 31.5 Å². The van der Waals surface area contributed by atoms with Crippen LogP contribution >= 0.6 is 0 Å². The summed E-state index contributed by atoms with van der Waals surface area (Å²) in [6.45, 7) is 1.55. The molecular weight excluding hydrogens is 434 g/mol. The molecule has 0 aliphatic heterocycles. The lowest BCUT2D eigenvalue weighted by Gasteiger charge is -2.18. The molecule has 0 saturated heterocycles. The van der Waals surface area contributed by atoms with Crippen LogP contribution in [0.25, 0.3) is 10.8 Å². The van der Waals surface area contributed by atoms with Crippen molar-refractivity contribution in [3.8, 4) is 0 Å². The summed E-state index contributed by atoms with van der Waals surface area (Å²) >= 11 is 0. The molecule has 0 bridgehead atoms. The summed E-state index contributed by atoms with van der Waals surface area (Å²) in [4.78, 5) is 37.1. The van der Waals surface area contributed by atoms with Crippen molar-refractivity contribution in [2.45, 2.75) is 32.0 Å². The molecule has 3 amide bonds. The summed E-state index contributed by atoms with van der Waals surface area (Å²) in [6.07, 6.45) is -0.821. The number of nitrogens with one attached hydrogen (secondary N) is 3. The zero-order valence-corrected chi connectivity index (χ0v) is 19.0. The van der Waals surface area contributed by atoms with Crippen molar-refractivity contribution < 1.29 is 24.6 Å². The Morgan fingerprint density at radius 1 is 0.882 bits per heavy atom. The molecule has 0 fully saturated rings. The van der Waals surface area contributed by atoms with E-state index in [0.717, 1.165) is 16.3 Å². The molecule has 8 nitrogen and oxygen atoms in total. The normalized spacial score (nSPS) is 12.6. The molecule has 1 unspecified atom stereocenters. The molecule has 0 saturated carbocycles. The topological polar surface area (TPSA) is 128 Å². The largest absolute Gasteiger partial charge is 0.394 e. The number of aliphatic hydroxyl groups is 2. The van der Waals surface area contributed by atoms with Gasteiger partial charge in [0.05, 0.1) is 18.8 Å². The fourth-order valence-corrected chi connectivity index (χ4v) is 3.66. The van der Waals surface area contributed by atoms with Gasteiger partial charge in [-0.25, -0.2) is 0 Å². The van der Waals surface area contributed by atoms with Gasteiger partial charge in [-0.15, -0.1) is 0 Å². The molecule has 3 aromatic rings. The molecule has 34 heavy (non-hydrogen) atoms. The molecule has 0 heterocycles. The Bertz CT molecular complexity index is 1160. The van der Waals surface area contributed by atoms with Crippen molar-refractivity contribution in [1.82, 2.24) is 16.0 Å². The first kappa shape index (κ1) is 24.9. The van der Waals surface area contributed by atoms with Gasteiger partial charge in [0.1, 0.15) is 0 Å². The van der Waals surface area contributed by atoms with Crippen LogP contribution in [0.15, 0.2) is 66.7 Å². The van der Waals surface area contributed by atoms with Crippen LogP contribution in [0.3, 0.4) is 0 Å². The van der Waals surface area contributed by atoms with Gasteiger partial charge in [0, 0.05) is 18.7 Å². The number of carbonyl (C=O) groups is 3. The second-order valence-corrected chi connectivity index (χ2v) is 7.98. The lowest BCUT2D eigenvalue weighted by molar-refractivity contribution is -0.139. The smallest absolute Gasteiger partial charge is 0.309 e. The molecule has 178 valence electrons. The molecule has 3 rings (SSSR count). The van der Waals surface area contributed by atoms with Gasteiger partial charge in [0.15, 0.2) is 0 Å². The van der Waals surface area contributed by atoms with E-state index in [1.807, 2.05) is 49.4 Å². The fraction of sp³-hybridized carbons (Fsp3) is 0.269. The fourth-order valence-electron chi connectivity index (χ4n) is 3.66. The van der Waals surface area contributed by atoms with Gasteiger partial charge in [0.25, 0.3) is 5.91 Å². The van der Waals surface area contributed by atoms with Gasteiger partial charge in [-0.05, 0) is 41.3 Å². The lowest BCUT2D eigenvalue weighted by atomic mass is 9.99. The van der Waals surface area contributed by atoms with Gasteiger partial charge >= 0.3 is 11.8 Å². The molecular formula is C26H29N3O5. The summed E-state index contributed by atoms with van der Waals surface area (Å²) in [5.74, 6) is -1.98. The van der Waals surface area contributed by atoms with Gasteiger partial charge in [-0.1, -0.05) is 60.7 Å². The average molecular weight is 464 g/mol. The number of hydrogen-bond donors (Lipinski definition) is 5. The van der Waals surface area contributed by atoms with E-state index < -0.39 is 24.5 Å². The monoisotopic (exact) mass is 463 g/mol. The third-order valence-corrected chi connectivity index (χ3v) is 5.52.